The van der Waals surface area contributed by atoms with Crippen LogP contribution in [0.5, 0.6) is 0 Å². The Hall–Kier alpha value is -3.27. The van der Waals surface area contributed by atoms with Gasteiger partial charge in [0.25, 0.3) is 12.0 Å². The highest BCUT2D eigenvalue weighted by Crippen LogP contribution is 2.23. The first-order chi connectivity index (χ1) is 16.3. The van der Waals surface area contributed by atoms with Gasteiger partial charge in [0, 0.05) is 31.7 Å². The predicted molar refractivity (Wildman–Crippen MR) is 132 cm³/mol. The summed E-state index contributed by atoms with van der Waals surface area (Å²) < 4.78 is 37.4. The standard InChI is InChI=1S/C12H16FN3O.C11H13ClFN3O/c1-2-16(7-9-8-17-12(14)15-9)11-6-4-3-5-10(11)13;1-16(5-8-6-17-11(14)15-8)10-3-2-7(12)4-9(10)13/h3-6,9H,2,7-8H2,1H3,(H2,14,15);2-4,8H,5-6H2,1H3,(H2,14,15)/t9-;8-/m00/s1. The highest BCUT2D eigenvalue weighted by Gasteiger charge is 2.21. The molecule has 8 nitrogen and oxygen atoms in total. The zero-order chi connectivity index (χ0) is 24.7. The van der Waals surface area contributed by atoms with Gasteiger partial charge < -0.3 is 30.7 Å². The van der Waals surface area contributed by atoms with Gasteiger partial charge in [0.15, 0.2) is 0 Å². The largest absolute Gasteiger partial charge is 0.463 e. The smallest absolute Gasteiger partial charge is 0.282 e. The van der Waals surface area contributed by atoms with Crippen molar-refractivity contribution in [3.63, 3.8) is 0 Å². The minimum absolute atomic E-state index is 0.0189. The molecule has 2 aromatic carbocycles. The van der Waals surface area contributed by atoms with E-state index in [1.165, 1.54) is 12.1 Å². The third-order valence-electron chi connectivity index (χ3n) is 5.28. The highest BCUT2D eigenvalue weighted by molar-refractivity contribution is 6.30. The number of benzene rings is 2. The van der Waals surface area contributed by atoms with Gasteiger partial charge in [-0.05, 0) is 37.3 Å². The Kier molecular flexibility index (Phi) is 8.75. The molecular weight excluding hydrogens is 466 g/mol. The highest BCUT2D eigenvalue weighted by atomic mass is 35.5. The first-order valence-electron chi connectivity index (χ1n) is 10.8. The van der Waals surface area contributed by atoms with Crippen molar-refractivity contribution in [2.45, 2.75) is 19.0 Å². The molecule has 2 atom stereocenters. The third-order valence-corrected chi connectivity index (χ3v) is 5.51. The molecule has 2 heterocycles. The second kappa shape index (κ2) is 11.7. The summed E-state index contributed by atoms with van der Waals surface area (Å²) >= 11 is 5.69. The maximum atomic E-state index is 13.6. The van der Waals surface area contributed by atoms with Crippen molar-refractivity contribution in [2.75, 3.05) is 49.7 Å². The van der Waals surface area contributed by atoms with Gasteiger partial charge in [-0.3, -0.25) is 0 Å². The minimum atomic E-state index is -0.351. The molecular formula is C23H29ClF2N6O2. The van der Waals surface area contributed by atoms with Crippen LogP contribution in [0, 0.1) is 11.6 Å². The first kappa shape index (κ1) is 25.4. The number of rotatable bonds is 7. The fraction of sp³-hybridized carbons (Fsp3) is 0.391. The molecule has 2 aromatic rings. The van der Waals surface area contributed by atoms with Crippen LogP contribution >= 0.6 is 11.6 Å². The van der Waals surface area contributed by atoms with Crippen molar-refractivity contribution in [3.05, 3.63) is 59.1 Å². The van der Waals surface area contributed by atoms with Crippen molar-refractivity contribution < 1.29 is 18.3 Å². The summed E-state index contributed by atoms with van der Waals surface area (Å²) in [6.45, 7) is 4.75. The third kappa shape index (κ3) is 6.86. The molecule has 0 aliphatic carbocycles. The number of nitrogens with two attached hydrogens (primary N) is 2. The van der Waals surface area contributed by atoms with E-state index in [-0.39, 0.29) is 35.8 Å². The molecule has 34 heavy (non-hydrogen) atoms. The monoisotopic (exact) mass is 494 g/mol. The summed E-state index contributed by atoms with van der Waals surface area (Å²) in [5.74, 6) is -0.568. The molecule has 0 unspecified atom stereocenters. The maximum absolute atomic E-state index is 13.6. The van der Waals surface area contributed by atoms with Crippen LogP contribution in [0.4, 0.5) is 20.2 Å². The fourth-order valence-electron chi connectivity index (χ4n) is 3.62. The lowest BCUT2D eigenvalue weighted by molar-refractivity contribution is 0.313. The number of ether oxygens (including phenoxy) is 2. The van der Waals surface area contributed by atoms with E-state index in [2.05, 4.69) is 9.98 Å². The van der Waals surface area contributed by atoms with Gasteiger partial charge >= 0.3 is 0 Å². The van der Waals surface area contributed by atoms with E-state index in [0.29, 0.717) is 49.2 Å². The van der Waals surface area contributed by atoms with Crippen LogP contribution in [-0.2, 0) is 9.47 Å². The van der Waals surface area contributed by atoms with Gasteiger partial charge in [0.05, 0.1) is 11.4 Å². The molecule has 184 valence electrons. The quantitative estimate of drug-likeness (QED) is 0.613. The summed E-state index contributed by atoms with van der Waals surface area (Å²) in [6.07, 6.45) is 0. The molecule has 0 amide bonds. The zero-order valence-electron chi connectivity index (χ0n) is 19.1. The van der Waals surface area contributed by atoms with Crippen LogP contribution in [0.1, 0.15) is 6.92 Å². The van der Waals surface area contributed by atoms with Crippen molar-refractivity contribution in [1.82, 2.24) is 0 Å². The van der Waals surface area contributed by atoms with Gasteiger partial charge in [-0.2, -0.15) is 0 Å². The van der Waals surface area contributed by atoms with Crippen LogP contribution in [0.3, 0.4) is 0 Å². The summed E-state index contributed by atoms with van der Waals surface area (Å²) in [5, 5.41) is 0.381. The van der Waals surface area contributed by atoms with E-state index in [4.69, 9.17) is 32.5 Å². The van der Waals surface area contributed by atoms with Gasteiger partial charge in [-0.1, -0.05) is 23.7 Å². The molecule has 0 radical (unpaired) electrons. The molecule has 2 aliphatic rings. The molecule has 4 rings (SSSR count). The summed E-state index contributed by atoms with van der Waals surface area (Å²) in [4.78, 5) is 11.9. The molecule has 0 saturated carbocycles. The number of nitrogens with zero attached hydrogens (tertiary/aromatic N) is 4. The van der Waals surface area contributed by atoms with E-state index in [1.54, 1.807) is 36.2 Å². The van der Waals surface area contributed by atoms with Crippen molar-refractivity contribution >= 4 is 35.0 Å². The van der Waals surface area contributed by atoms with Gasteiger partial charge in [-0.25, -0.2) is 18.8 Å². The first-order valence-corrected chi connectivity index (χ1v) is 11.2. The average molecular weight is 495 g/mol. The summed E-state index contributed by atoms with van der Waals surface area (Å²) in [7, 11) is 1.79. The number of anilines is 2. The van der Waals surface area contributed by atoms with Crippen molar-refractivity contribution in [2.24, 2.45) is 21.5 Å². The summed E-state index contributed by atoms with van der Waals surface area (Å²) in [6, 6.07) is 11.6. The number of halogens is 3. The van der Waals surface area contributed by atoms with E-state index >= 15 is 0 Å². The number of hydrogen-bond donors (Lipinski definition) is 2. The van der Waals surface area contributed by atoms with Gasteiger partial charge in [0.1, 0.15) is 36.9 Å². The minimum Gasteiger partial charge on any atom is -0.463 e. The lowest BCUT2D eigenvalue weighted by atomic mass is 10.2. The molecule has 0 bridgehead atoms. The maximum Gasteiger partial charge on any atom is 0.282 e. The lowest BCUT2D eigenvalue weighted by Gasteiger charge is -2.24. The number of para-hydroxylation sites is 1. The molecule has 0 fully saturated rings. The Morgan fingerprint density at radius 1 is 0.941 bits per heavy atom. The molecule has 0 saturated heterocycles. The second-order valence-corrected chi connectivity index (χ2v) is 8.27. The van der Waals surface area contributed by atoms with Crippen LogP contribution in [0.2, 0.25) is 5.02 Å². The zero-order valence-corrected chi connectivity index (χ0v) is 19.9. The summed E-state index contributed by atoms with van der Waals surface area (Å²) in [5.41, 5.74) is 11.9. The molecule has 2 aliphatic heterocycles. The number of aliphatic imine (C=N–C) groups is 2. The molecule has 4 N–H and O–H groups in total. The van der Waals surface area contributed by atoms with E-state index in [1.807, 2.05) is 17.9 Å². The van der Waals surface area contributed by atoms with Gasteiger partial charge in [0.2, 0.25) is 0 Å². The predicted octanol–water partition coefficient (Wildman–Crippen LogP) is 2.99. The Morgan fingerprint density at radius 2 is 1.56 bits per heavy atom. The van der Waals surface area contributed by atoms with Crippen LogP contribution < -0.4 is 21.3 Å². The SMILES string of the molecule is CCN(C[C@H]1COC(N)=N1)c1ccccc1F.CN(C[C@H]1COC(N)=N1)c1ccc(Cl)cc1F. The fourth-order valence-corrected chi connectivity index (χ4v) is 3.78. The Morgan fingerprint density at radius 3 is 2.09 bits per heavy atom. The number of hydrogen-bond acceptors (Lipinski definition) is 8. The van der Waals surface area contributed by atoms with Crippen LogP contribution in [0.15, 0.2) is 52.4 Å². The number of likely N-dealkylation sites (N-methyl/N-ethyl adjacent to an activating group) is 2. The van der Waals surface area contributed by atoms with Crippen LogP contribution in [0.25, 0.3) is 0 Å². The van der Waals surface area contributed by atoms with E-state index < -0.39 is 0 Å². The topological polar surface area (TPSA) is 102 Å². The Balaban J connectivity index is 0.000000191. The molecule has 0 spiro atoms. The second-order valence-electron chi connectivity index (χ2n) is 7.83. The normalized spacial score (nSPS) is 18.7. The van der Waals surface area contributed by atoms with Crippen molar-refractivity contribution in [1.29, 1.82) is 0 Å². The van der Waals surface area contributed by atoms with E-state index in [0.717, 1.165) is 0 Å². The van der Waals surface area contributed by atoms with Crippen molar-refractivity contribution in [3.8, 4) is 0 Å². The van der Waals surface area contributed by atoms with E-state index in [9.17, 15) is 8.78 Å². The Bertz CT molecular complexity index is 1040. The number of amidine groups is 2. The Labute approximate surface area is 202 Å². The average Bonchev–Trinajstić information content (AvgIpc) is 3.40. The lowest BCUT2D eigenvalue weighted by Crippen LogP contribution is -2.32. The van der Waals surface area contributed by atoms with Gasteiger partial charge in [-0.15, -0.1) is 0 Å². The molecule has 11 heteroatoms. The molecule has 0 aromatic heterocycles. The van der Waals surface area contributed by atoms with Crippen LogP contribution in [-0.4, -0.2) is 64.0 Å².